The number of carbonyl (C=O) groups excluding carboxylic acids is 2. The lowest BCUT2D eigenvalue weighted by molar-refractivity contribution is 0.0984. The molecule has 1 aliphatic carbocycles. The van der Waals surface area contributed by atoms with Gasteiger partial charge in [0.2, 0.25) is 5.78 Å². The van der Waals surface area contributed by atoms with Crippen molar-refractivity contribution >= 4 is 17.4 Å². The van der Waals surface area contributed by atoms with Crippen LogP contribution in [0.2, 0.25) is 0 Å². The van der Waals surface area contributed by atoms with E-state index >= 15 is 0 Å². The molecule has 2 aliphatic rings. The molecule has 148 valence electrons. The van der Waals surface area contributed by atoms with Crippen LogP contribution in [0.15, 0.2) is 30.5 Å². The monoisotopic (exact) mass is 389 g/mol. The quantitative estimate of drug-likeness (QED) is 0.683. The molecule has 0 saturated carbocycles. The molecule has 0 unspecified atom stereocenters. The number of amides is 2. The summed E-state index contributed by atoms with van der Waals surface area (Å²) in [5.41, 5.74) is 4.80. The van der Waals surface area contributed by atoms with Gasteiger partial charge in [0.25, 0.3) is 0 Å². The Morgan fingerprint density at radius 3 is 2.76 bits per heavy atom. The number of carbonyl (C=O) groups is 2. The molecule has 0 atom stereocenters. The van der Waals surface area contributed by atoms with Crippen molar-refractivity contribution in [1.82, 2.24) is 20.6 Å². The molecule has 7 nitrogen and oxygen atoms in total. The standard InChI is InChI=1S/C22H23N5O2/c23-10-18-13-24-21(27-18)20(28)9-16-7-6-15(17-11-25-22(29)26-12-17)8-19(16)14-4-2-1-3-5-14/h4,6-8,13,17H,1-3,5,9,11-12H2,(H,24,27)(H2,25,26,29). The Hall–Kier alpha value is -3.40. The highest BCUT2D eigenvalue weighted by Crippen LogP contribution is 2.32. The predicted molar refractivity (Wildman–Crippen MR) is 108 cm³/mol. The van der Waals surface area contributed by atoms with Gasteiger partial charge in [0.1, 0.15) is 11.8 Å². The van der Waals surface area contributed by atoms with Crippen molar-refractivity contribution in [2.24, 2.45) is 0 Å². The normalized spacial score (nSPS) is 17.1. The number of hydrogen-bond donors (Lipinski definition) is 3. The summed E-state index contributed by atoms with van der Waals surface area (Å²) in [4.78, 5) is 30.9. The second-order valence-corrected chi connectivity index (χ2v) is 7.54. The number of benzene rings is 1. The lowest BCUT2D eigenvalue weighted by Crippen LogP contribution is -2.47. The van der Waals surface area contributed by atoms with Crippen LogP contribution in [-0.2, 0) is 6.42 Å². The molecule has 7 heteroatoms. The van der Waals surface area contributed by atoms with Gasteiger partial charge in [-0.25, -0.2) is 9.78 Å². The van der Waals surface area contributed by atoms with E-state index < -0.39 is 0 Å². The highest BCUT2D eigenvalue weighted by Gasteiger charge is 2.22. The number of nitrogens with one attached hydrogen (secondary N) is 3. The predicted octanol–water partition coefficient (Wildman–Crippen LogP) is 3.06. The summed E-state index contributed by atoms with van der Waals surface area (Å²) in [5, 5.41) is 14.6. The molecule has 29 heavy (non-hydrogen) atoms. The Kier molecular flexibility index (Phi) is 5.43. The van der Waals surface area contributed by atoms with Gasteiger partial charge in [-0.2, -0.15) is 5.26 Å². The number of allylic oxidation sites excluding steroid dienone is 2. The molecule has 1 fully saturated rings. The molecule has 2 amide bonds. The van der Waals surface area contributed by atoms with E-state index in [1.165, 1.54) is 18.2 Å². The summed E-state index contributed by atoms with van der Waals surface area (Å²) in [7, 11) is 0. The molecule has 2 heterocycles. The largest absolute Gasteiger partial charge is 0.337 e. The van der Waals surface area contributed by atoms with Crippen molar-refractivity contribution in [1.29, 1.82) is 5.26 Å². The molecule has 0 spiro atoms. The van der Waals surface area contributed by atoms with Crippen LogP contribution >= 0.6 is 0 Å². The van der Waals surface area contributed by atoms with E-state index in [0.717, 1.165) is 36.0 Å². The van der Waals surface area contributed by atoms with Gasteiger partial charge >= 0.3 is 6.03 Å². The van der Waals surface area contributed by atoms with Crippen molar-refractivity contribution in [2.45, 2.75) is 38.0 Å². The van der Waals surface area contributed by atoms with Crippen molar-refractivity contribution in [2.75, 3.05) is 13.1 Å². The third-order valence-corrected chi connectivity index (χ3v) is 5.57. The number of nitriles is 1. The number of Topliss-reactive ketones (excluding diaryl/α,β-unsaturated/α-hetero) is 1. The second-order valence-electron chi connectivity index (χ2n) is 7.54. The van der Waals surface area contributed by atoms with Crippen molar-refractivity contribution in [3.05, 3.63) is 58.7 Å². The van der Waals surface area contributed by atoms with Crippen molar-refractivity contribution in [3.8, 4) is 6.07 Å². The maximum Gasteiger partial charge on any atom is 0.314 e. The first-order valence-corrected chi connectivity index (χ1v) is 9.96. The van der Waals surface area contributed by atoms with Crippen LogP contribution in [0.25, 0.3) is 5.57 Å². The third kappa shape index (κ3) is 4.21. The molecule has 1 aromatic heterocycles. The first-order valence-electron chi connectivity index (χ1n) is 9.96. The fourth-order valence-corrected chi connectivity index (χ4v) is 3.96. The van der Waals surface area contributed by atoms with Crippen LogP contribution in [0.1, 0.15) is 64.6 Å². The van der Waals surface area contributed by atoms with E-state index in [1.54, 1.807) is 0 Å². The van der Waals surface area contributed by atoms with Gasteiger partial charge in [-0.3, -0.25) is 4.79 Å². The molecule has 0 radical (unpaired) electrons. The van der Waals surface area contributed by atoms with E-state index in [-0.39, 0.29) is 35.7 Å². The summed E-state index contributed by atoms with van der Waals surface area (Å²) >= 11 is 0. The van der Waals surface area contributed by atoms with Crippen LogP contribution in [0, 0.1) is 11.3 Å². The fourth-order valence-electron chi connectivity index (χ4n) is 3.96. The summed E-state index contributed by atoms with van der Waals surface area (Å²) in [6.07, 6.45) is 8.28. The van der Waals surface area contributed by atoms with Gasteiger partial charge in [0, 0.05) is 25.4 Å². The lowest BCUT2D eigenvalue weighted by Gasteiger charge is -2.25. The van der Waals surface area contributed by atoms with Crippen LogP contribution < -0.4 is 10.6 Å². The van der Waals surface area contributed by atoms with E-state index in [2.05, 4.69) is 32.7 Å². The highest BCUT2D eigenvalue weighted by atomic mass is 16.2. The van der Waals surface area contributed by atoms with Gasteiger partial charge in [-0.1, -0.05) is 24.3 Å². The smallest absolute Gasteiger partial charge is 0.314 e. The minimum absolute atomic E-state index is 0.131. The molecule has 4 rings (SSSR count). The number of imidazole rings is 1. The lowest BCUT2D eigenvalue weighted by atomic mass is 9.85. The summed E-state index contributed by atoms with van der Waals surface area (Å²) in [6.45, 7) is 1.21. The third-order valence-electron chi connectivity index (χ3n) is 5.57. The van der Waals surface area contributed by atoms with Gasteiger partial charge in [-0.15, -0.1) is 0 Å². The molecule has 0 bridgehead atoms. The number of nitrogens with zero attached hydrogens (tertiary/aromatic N) is 2. The Balaban J connectivity index is 1.63. The zero-order valence-corrected chi connectivity index (χ0v) is 16.1. The van der Waals surface area contributed by atoms with Crippen LogP contribution in [0.4, 0.5) is 4.79 Å². The number of urea groups is 1. The second kappa shape index (κ2) is 8.31. The van der Waals surface area contributed by atoms with Crippen molar-refractivity contribution in [3.63, 3.8) is 0 Å². The van der Waals surface area contributed by atoms with Gasteiger partial charge in [0.15, 0.2) is 5.82 Å². The average Bonchev–Trinajstić information content (AvgIpc) is 3.25. The topological polar surface area (TPSA) is 111 Å². The van der Waals surface area contributed by atoms with E-state index in [1.807, 2.05) is 18.2 Å². The summed E-state index contributed by atoms with van der Waals surface area (Å²) in [6, 6.07) is 8.06. The zero-order chi connectivity index (χ0) is 20.2. The SMILES string of the molecule is N#Cc1cnc(C(=O)Cc2ccc(C3CNC(=O)NC3)cc2C2=CCCCC2)[nH]1. The first-order chi connectivity index (χ1) is 14.1. The van der Waals surface area contributed by atoms with Gasteiger partial charge in [-0.05, 0) is 47.9 Å². The molecule has 1 aromatic carbocycles. The maximum atomic E-state index is 12.7. The minimum atomic E-state index is -0.136. The summed E-state index contributed by atoms with van der Waals surface area (Å²) in [5.74, 6) is 0.278. The first kappa shape index (κ1) is 18.9. The van der Waals surface area contributed by atoms with E-state index in [0.29, 0.717) is 13.1 Å². The Morgan fingerprint density at radius 2 is 2.07 bits per heavy atom. The van der Waals surface area contributed by atoms with Crippen LogP contribution in [0.5, 0.6) is 0 Å². The van der Waals surface area contributed by atoms with E-state index in [4.69, 9.17) is 5.26 Å². The Labute approximate surface area is 169 Å². The average molecular weight is 389 g/mol. The van der Waals surface area contributed by atoms with Gasteiger partial charge < -0.3 is 15.6 Å². The fraction of sp³-hybridized carbons (Fsp3) is 0.364. The number of aromatic amines is 1. The molecule has 2 aromatic rings. The Morgan fingerprint density at radius 1 is 1.24 bits per heavy atom. The van der Waals surface area contributed by atoms with Gasteiger partial charge in [0.05, 0.1) is 6.20 Å². The Bertz CT molecular complexity index is 1000. The number of hydrogen-bond acceptors (Lipinski definition) is 4. The van der Waals surface area contributed by atoms with E-state index in [9.17, 15) is 9.59 Å². The van der Waals surface area contributed by atoms with Crippen LogP contribution in [-0.4, -0.2) is 34.9 Å². The molecule has 3 N–H and O–H groups in total. The highest BCUT2D eigenvalue weighted by molar-refractivity contribution is 5.95. The zero-order valence-electron chi connectivity index (χ0n) is 16.1. The minimum Gasteiger partial charge on any atom is -0.337 e. The van der Waals surface area contributed by atoms with Crippen molar-refractivity contribution < 1.29 is 9.59 Å². The number of rotatable bonds is 5. The molecule has 1 saturated heterocycles. The van der Waals surface area contributed by atoms with Crippen LogP contribution in [0.3, 0.4) is 0 Å². The molecule has 1 aliphatic heterocycles. The molecular formula is C22H23N5O2. The maximum absolute atomic E-state index is 12.7. The number of ketones is 1. The summed E-state index contributed by atoms with van der Waals surface area (Å²) < 4.78 is 0. The number of H-pyrrole nitrogens is 1. The molecular weight excluding hydrogens is 366 g/mol. The number of aromatic nitrogens is 2.